The van der Waals surface area contributed by atoms with Crippen molar-refractivity contribution in [2.24, 2.45) is 11.1 Å². The summed E-state index contributed by atoms with van der Waals surface area (Å²) in [4.78, 5) is 13.9. The fourth-order valence-corrected chi connectivity index (χ4v) is 2.46. The van der Waals surface area contributed by atoms with E-state index in [0.29, 0.717) is 23.9 Å². The van der Waals surface area contributed by atoms with Gasteiger partial charge in [-0.1, -0.05) is 18.5 Å². The number of halogens is 2. The molecule has 0 bridgehead atoms. The second-order valence-corrected chi connectivity index (χ2v) is 6.19. The second-order valence-electron chi connectivity index (χ2n) is 5.78. The molecule has 1 aliphatic rings. The number of likely N-dealkylation sites (tertiary alicyclic amines) is 1. The maximum atomic E-state index is 12.1. The molecule has 118 valence electrons. The second kappa shape index (κ2) is 7.34. The molecule has 2 rings (SSSR count). The zero-order valence-corrected chi connectivity index (χ0v) is 14.0. The number of carbonyl (C=O) groups excluding carboxylic acids is 1. The molecule has 4 nitrogen and oxygen atoms in total. The highest BCUT2D eigenvalue weighted by molar-refractivity contribution is 6.31. The van der Waals surface area contributed by atoms with Crippen LogP contribution in [0.4, 0.5) is 0 Å². The Morgan fingerprint density at radius 3 is 2.81 bits per heavy atom. The van der Waals surface area contributed by atoms with Crippen molar-refractivity contribution in [1.29, 1.82) is 0 Å². The summed E-state index contributed by atoms with van der Waals surface area (Å²) in [6, 6.07) is 5.39. The Morgan fingerprint density at radius 1 is 1.52 bits per heavy atom. The monoisotopic (exact) mass is 332 g/mol. The van der Waals surface area contributed by atoms with Gasteiger partial charge in [-0.25, -0.2) is 0 Å². The highest BCUT2D eigenvalue weighted by atomic mass is 35.5. The van der Waals surface area contributed by atoms with E-state index < -0.39 is 0 Å². The smallest absolute Gasteiger partial charge is 0.260 e. The third-order valence-electron chi connectivity index (χ3n) is 3.90. The Bertz CT molecular complexity index is 510. The predicted molar refractivity (Wildman–Crippen MR) is 87.3 cm³/mol. The van der Waals surface area contributed by atoms with E-state index >= 15 is 0 Å². The van der Waals surface area contributed by atoms with Crippen molar-refractivity contribution in [3.63, 3.8) is 0 Å². The minimum atomic E-state index is 0. The van der Waals surface area contributed by atoms with Gasteiger partial charge in [0, 0.05) is 18.1 Å². The molecule has 1 amide bonds. The number of hydrogen-bond donors (Lipinski definition) is 1. The molecule has 0 radical (unpaired) electrons. The standard InChI is InChI=1S/C15H21ClN2O2.ClH/c1-11-7-12(3-4-13(11)16)20-8-14(19)18-6-5-15(2,9-17)10-18;/h3-4,7H,5-6,8-10,17H2,1-2H3;1H. The van der Waals surface area contributed by atoms with Crippen LogP contribution in [0, 0.1) is 12.3 Å². The van der Waals surface area contributed by atoms with Gasteiger partial charge in [0.05, 0.1) is 0 Å². The number of nitrogens with zero attached hydrogens (tertiary/aromatic N) is 1. The van der Waals surface area contributed by atoms with Crippen LogP contribution >= 0.6 is 24.0 Å². The molecule has 1 saturated heterocycles. The van der Waals surface area contributed by atoms with E-state index in [1.165, 1.54) is 0 Å². The summed E-state index contributed by atoms with van der Waals surface area (Å²) in [5.41, 5.74) is 6.73. The van der Waals surface area contributed by atoms with Gasteiger partial charge in [0.1, 0.15) is 5.75 Å². The molecule has 6 heteroatoms. The van der Waals surface area contributed by atoms with Gasteiger partial charge >= 0.3 is 0 Å². The lowest BCUT2D eigenvalue weighted by molar-refractivity contribution is -0.132. The number of amides is 1. The SMILES string of the molecule is Cc1cc(OCC(=O)N2CCC(C)(CN)C2)ccc1Cl.Cl. The minimum Gasteiger partial charge on any atom is -0.484 e. The summed E-state index contributed by atoms with van der Waals surface area (Å²) in [6.07, 6.45) is 0.954. The van der Waals surface area contributed by atoms with Gasteiger partial charge < -0.3 is 15.4 Å². The highest BCUT2D eigenvalue weighted by Gasteiger charge is 2.34. The van der Waals surface area contributed by atoms with Crippen molar-refractivity contribution in [2.75, 3.05) is 26.2 Å². The summed E-state index contributed by atoms with van der Waals surface area (Å²) in [5.74, 6) is 0.677. The molecule has 0 aliphatic carbocycles. The van der Waals surface area contributed by atoms with E-state index in [1.807, 2.05) is 17.9 Å². The van der Waals surface area contributed by atoms with Crippen LogP contribution in [0.2, 0.25) is 5.02 Å². The normalized spacial score (nSPS) is 21.0. The first-order chi connectivity index (χ1) is 9.43. The van der Waals surface area contributed by atoms with E-state index in [1.54, 1.807) is 12.1 Å². The van der Waals surface area contributed by atoms with Crippen molar-refractivity contribution >= 4 is 29.9 Å². The molecule has 2 N–H and O–H groups in total. The van der Waals surface area contributed by atoms with Crippen molar-refractivity contribution in [2.45, 2.75) is 20.3 Å². The Kier molecular flexibility index (Phi) is 6.32. The maximum absolute atomic E-state index is 12.1. The maximum Gasteiger partial charge on any atom is 0.260 e. The zero-order valence-electron chi connectivity index (χ0n) is 12.4. The van der Waals surface area contributed by atoms with Crippen LogP contribution in [0.1, 0.15) is 18.9 Å². The molecular weight excluding hydrogens is 311 g/mol. The number of rotatable bonds is 4. The van der Waals surface area contributed by atoms with Crippen LogP contribution in [0.5, 0.6) is 5.75 Å². The molecule has 0 aromatic heterocycles. The van der Waals surface area contributed by atoms with Crippen molar-refractivity contribution < 1.29 is 9.53 Å². The number of ether oxygens (including phenoxy) is 1. The molecular formula is C15H22Cl2N2O2. The molecule has 1 fully saturated rings. The number of hydrogen-bond acceptors (Lipinski definition) is 3. The summed E-state index contributed by atoms with van der Waals surface area (Å²) >= 11 is 5.95. The van der Waals surface area contributed by atoms with Crippen molar-refractivity contribution in [3.05, 3.63) is 28.8 Å². The third-order valence-corrected chi connectivity index (χ3v) is 4.32. The van der Waals surface area contributed by atoms with E-state index in [0.717, 1.165) is 18.5 Å². The van der Waals surface area contributed by atoms with E-state index in [9.17, 15) is 4.79 Å². The van der Waals surface area contributed by atoms with Crippen LogP contribution in [0.15, 0.2) is 18.2 Å². The van der Waals surface area contributed by atoms with Crippen LogP contribution in [-0.2, 0) is 4.79 Å². The van der Waals surface area contributed by atoms with Crippen molar-refractivity contribution in [3.8, 4) is 5.75 Å². The van der Waals surface area contributed by atoms with Gasteiger partial charge in [-0.05, 0) is 49.1 Å². The Balaban J connectivity index is 0.00000220. The molecule has 1 aromatic carbocycles. The van der Waals surface area contributed by atoms with Gasteiger partial charge in [0.15, 0.2) is 6.61 Å². The number of benzene rings is 1. The first-order valence-corrected chi connectivity index (χ1v) is 7.18. The molecule has 1 aliphatic heterocycles. The van der Waals surface area contributed by atoms with Crippen molar-refractivity contribution in [1.82, 2.24) is 4.90 Å². The lowest BCUT2D eigenvalue weighted by Gasteiger charge is -2.22. The van der Waals surface area contributed by atoms with Crippen LogP contribution in [-0.4, -0.2) is 37.0 Å². The lowest BCUT2D eigenvalue weighted by atomic mass is 9.90. The summed E-state index contributed by atoms with van der Waals surface area (Å²) in [5, 5.41) is 0.696. The number of nitrogens with two attached hydrogens (primary N) is 1. The highest BCUT2D eigenvalue weighted by Crippen LogP contribution is 2.28. The fourth-order valence-electron chi connectivity index (χ4n) is 2.35. The molecule has 0 spiro atoms. The lowest BCUT2D eigenvalue weighted by Crippen LogP contribution is -2.36. The quantitative estimate of drug-likeness (QED) is 0.922. The Hall–Kier alpha value is -0.970. The molecule has 0 saturated carbocycles. The fraction of sp³-hybridized carbons (Fsp3) is 0.533. The van der Waals surface area contributed by atoms with E-state index in [4.69, 9.17) is 22.1 Å². The summed E-state index contributed by atoms with van der Waals surface area (Å²) < 4.78 is 5.54. The average molecular weight is 333 g/mol. The van der Waals surface area contributed by atoms with E-state index in [2.05, 4.69) is 6.92 Å². The number of carbonyl (C=O) groups is 1. The average Bonchev–Trinajstić information content (AvgIpc) is 2.83. The van der Waals surface area contributed by atoms with E-state index in [-0.39, 0.29) is 30.3 Å². The molecule has 1 atom stereocenters. The van der Waals surface area contributed by atoms with Crippen LogP contribution in [0.25, 0.3) is 0 Å². The third kappa shape index (κ3) is 4.50. The largest absolute Gasteiger partial charge is 0.484 e. The zero-order chi connectivity index (χ0) is 14.8. The first-order valence-electron chi connectivity index (χ1n) is 6.80. The van der Waals surface area contributed by atoms with Gasteiger partial charge in [-0.2, -0.15) is 0 Å². The Morgan fingerprint density at radius 2 is 2.24 bits per heavy atom. The van der Waals surface area contributed by atoms with Gasteiger partial charge in [0.25, 0.3) is 5.91 Å². The minimum absolute atomic E-state index is 0. The summed E-state index contributed by atoms with van der Waals surface area (Å²) in [6.45, 7) is 6.16. The molecule has 21 heavy (non-hydrogen) atoms. The van der Waals surface area contributed by atoms with Gasteiger partial charge in [-0.15, -0.1) is 12.4 Å². The molecule has 1 heterocycles. The molecule has 1 aromatic rings. The topological polar surface area (TPSA) is 55.6 Å². The first kappa shape index (κ1) is 18.1. The van der Waals surface area contributed by atoms with Crippen LogP contribution < -0.4 is 10.5 Å². The number of aryl methyl sites for hydroxylation is 1. The van der Waals surface area contributed by atoms with Gasteiger partial charge in [0.2, 0.25) is 0 Å². The molecule has 1 unspecified atom stereocenters. The van der Waals surface area contributed by atoms with Gasteiger partial charge in [-0.3, -0.25) is 4.79 Å². The van der Waals surface area contributed by atoms with Crippen LogP contribution in [0.3, 0.4) is 0 Å². The Labute approximate surface area is 137 Å². The predicted octanol–water partition coefficient (Wildman–Crippen LogP) is 2.65. The summed E-state index contributed by atoms with van der Waals surface area (Å²) in [7, 11) is 0.